The average Bonchev–Trinajstić information content (AvgIpc) is 2.45. The van der Waals surface area contributed by atoms with E-state index in [9.17, 15) is 9.18 Å². The van der Waals surface area contributed by atoms with Crippen molar-refractivity contribution in [3.8, 4) is 0 Å². The van der Waals surface area contributed by atoms with Gasteiger partial charge in [0.15, 0.2) is 0 Å². The van der Waals surface area contributed by atoms with Crippen molar-refractivity contribution in [2.24, 2.45) is 5.92 Å². The summed E-state index contributed by atoms with van der Waals surface area (Å²) in [4.78, 5) is 14.3. The number of halogens is 2. The fourth-order valence-corrected chi connectivity index (χ4v) is 2.73. The van der Waals surface area contributed by atoms with Gasteiger partial charge >= 0.3 is 0 Å². The van der Waals surface area contributed by atoms with E-state index in [1.54, 1.807) is 13.0 Å². The van der Waals surface area contributed by atoms with E-state index in [0.717, 1.165) is 39.0 Å². The lowest BCUT2D eigenvalue weighted by molar-refractivity contribution is 0.0689. The zero-order valence-electron chi connectivity index (χ0n) is 12.7. The Morgan fingerprint density at radius 2 is 2.05 bits per heavy atom. The number of piperidine rings is 1. The number of hydrogen-bond acceptors (Lipinski definition) is 2. The Bertz CT molecular complexity index is 473. The molecular formula is C16H24ClFN2O. The van der Waals surface area contributed by atoms with Crippen LogP contribution in [0.2, 0.25) is 0 Å². The Morgan fingerprint density at radius 1 is 1.38 bits per heavy atom. The van der Waals surface area contributed by atoms with Gasteiger partial charge in [-0.05, 0) is 62.5 Å². The first-order valence-electron chi connectivity index (χ1n) is 7.38. The maximum atomic E-state index is 13.1. The van der Waals surface area contributed by atoms with Crippen molar-refractivity contribution in [2.45, 2.75) is 26.7 Å². The Morgan fingerprint density at radius 3 is 2.62 bits per heavy atom. The summed E-state index contributed by atoms with van der Waals surface area (Å²) >= 11 is 0. The molecule has 1 aliphatic heterocycles. The molecule has 0 unspecified atom stereocenters. The lowest BCUT2D eigenvalue weighted by atomic mass is 9.96. The molecule has 1 aromatic carbocycles. The summed E-state index contributed by atoms with van der Waals surface area (Å²) in [6.45, 7) is 7.52. The molecule has 3 nitrogen and oxygen atoms in total. The lowest BCUT2D eigenvalue weighted by Crippen LogP contribution is -2.41. The quantitative estimate of drug-likeness (QED) is 0.926. The van der Waals surface area contributed by atoms with E-state index >= 15 is 0 Å². The molecule has 0 aromatic heterocycles. The predicted octanol–water partition coefficient (Wildman–Crippen LogP) is 3.02. The number of aryl methyl sites for hydroxylation is 1. The summed E-state index contributed by atoms with van der Waals surface area (Å²) in [5.41, 5.74) is 1.33. The van der Waals surface area contributed by atoms with Gasteiger partial charge in [-0.2, -0.15) is 0 Å². The molecule has 1 aliphatic rings. The highest BCUT2D eigenvalue weighted by molar-refractivity contribution is 5.95. The van der Waals surface area contributed by atoms with Gasteiger partial charge in [-0.25, -0.2) is 4.39 Å². The van der Waals surface area contributed by atoms with E-state index < -0.39 is 0 Å². The van der Waals surface area contributed by atoms with E-state index in [0.29, 0.717) is 17.0 Å². The molecule has 0 aliphatic carbocycles. The third-order valence-electron chi connectivity index (χ3n) is 4.00. The summed E-state index contributed by atoms with van der Waals surface area (Å²) in [6.07, 6.45) is 2.08. The van der Waals surface area contributed by atoms with Crippen molar-refractivity contribution in [3.05, 3.63) is 35.1 Å². The number of hydrogen-bond donors (Lipinski definition) is 1. The lowest BCUT2D eigenvalue weighted by Gasteiger charge is -2.32. The minimum Gasteiger partial charge on any atom is -0.339 e. The van der Waals surface area contributed by atoms with Crippen LogP contribution in [0.15, 0.2) is 18.2 Å². The fourth-order valence-electron chi connectivity index (χ4n) is 2.73. The summed E-state index contributed by atoms with van der Waals surface area (Å²) in [6, 6.07) is 4.38. The minimum atomic E-state index is -0.289. The standard InChI is InChI=1S/C16H23FN2O.ClH/c1-3-18-11-13-6-8-19(9-7-13)16(20)15-5-4-14(17)10-12(15)2;/h4-5,10,13,18H,3,6-9,11H2,1-2H3;1H. The van der Waals surface area contributed by atoms with Gasteiger partial charge < -0.3 is 10.2 Å². The second kappa shape index (κ2) is 8.35. The zero-order valence-corrected chi connectivity index (χ0v) is 13.5. The highest BCUT2D eigenvalue weighted by Crippen LogP contribution is 2.20. The van der Waals surface area contributed by atoms with Gasteiger partial charge in [0.1, 0.15) is 5.82 Å². The van der Waals surface area contributed by atoms with Crippen molar-refractivity contribution in [1.29, 1.82) is 0 Å². The van der Waals surface area contributed by atoms with Gasteiger partial charge in [0.2, 0.25) is 0 Å². The first-order valence-corrected chi connectivity index (χ1v) is 7.38. The van der Waals surface area contributed by atoms with E-state index in [2.05, 4.69) is 12.2 Å². The largest absolute Gasteiger partial charge is 0.339 e. The van der Waals surface area contributed by atoms with Crippen LogP contribution in [0.4, 0.5) is 4.39 Å². The van der Waals surface area contributed by atoms with Crippen molar-refractivity contribution >= 4 is 18.3 Å². The van der Waals surface area contributed by atoms with Crippen LogP contribution in [0.25, 0.3) is 0 Å². The summed E-state index contributed by atoms with van der Waals surface area (Å²) < 4.78 is 13.1. The molecule has 1 heterocycles. The van der Waals surface area contributed by atoms with E-state index in [1.807, 2.05) is 4.90 Å². The molecule has 1 N–H and O–H groups in total. The first kappa shape index (κ1) is 17.9. The van der Waals surface area contributed by atoms with Crippen molar-refractivity contribution in [3.63, 3.8) is 0 Å². The molecule has 118 valence electrons. The molecule has 5 heteroatoms. The fraction of sp³-hybridized carbons (Fsp3) is 0.562. The molecule has 1 aromatic rings. The molecule has 0 spiro atoms. The molecule has 1 fully saturated rings. The van der Waals surface area contributed by atoms with Crippen LogP contribution >= 0.6 is 12.4 Å². The Hall–Kier alpha value is -1.13. The molecule has 0 radical (unpaired) electrons. The molecule has 21 heavy (non-hydrogen) atoms. The average molecular weight is 315 g/mol. The molecule has 1 amide bonds. The number of nitrogens with zero attached hydrogens (tertiary/aromatic N) is 1. The SMILES string of the molecule is CCNCC1CCN(C(=O)c2ccc(F)cc2C)CC1.Cl. The first-order chi connectivity index (χ1) is 9.61. The van der Waals surface area contributed by atoms with Gasteiger partial charge in [-0.15, -0.1) is 12.4 Å². The topological polar surface area (TPSA) is 32.3 Å². The van der Waals surface area contributed by atoms with Gasteiger partial charge in [0.05, 0.1) is 0 Å². The molecule has 1 saturated heterocycles. The molecule has 0 bridgehead atoms. The van der Waals surface area contributed by atoms with Crippen LogP contribution in [0.5, 0.6) is 0 Å². The van der Waals surface area contributed by atoms with Crippen LogP contribution in [-0.2, 0) is 0 Å². The van der Waals surface area contributed by atoms with Crippen molar-refractivity contribution in [2.75, 3.05) is 26.2 Å². The maximum Gasteiger partial charge on any atom is 0.254 e. The maximum absolute atomic E-state index is 13.1. The normalized spacial score (nSPS) is 15.7. The van der Waals surface area contributed by atoms with Crippen LogP contribution in [0.1, 0.15) is 35.7 Å². The van der Waals surface area contributed by atoms with Gasteiger partial charge in [0.25, 0.3) is 5.91 Å². The number of carbonyl (C=O) groups excluding carboxylic acids is 1. The number of rotatable bonds is 4. The predicted molar refractivity (Wildman–Crippen MR) is 85.6 cm³/mol. The number of benzene rings is 1. The van der Waals surface area contributed by atoms with Crippen molar-refractivity contribution < 1.29 is 9.18 Å². The zero-order chi connectivity index (χ0) is 14.5. The number of likely N-dealkylation sites (tertiary alicyclic amines) is 1. The molecule has 0 atom stereocenters. The molecular weight excluding hydrogens is 291 g/mol. The third kappa shape index (κ3) is 4.68. The van der Waals surface area contributed by atoms with Crippen LogP contribution < -0.4 is 5.32 Å². The van der Waals surface area contributed by atoms with Crippen LogP contribution in [0, 0.1) is 18.7 Å². The van der Waals surface area contributed by atoms with Crippen LogP contribution in [-0.4, -0.2) is 37.0 Å². The number of amides is 1. The third-order valence-corrected chi connectivity index (χ3v) is 4.00. The monoisotopic (exact) mass is 314 g/mol. The number of nitrogens with one attached hydrogen (secondary N) is 1. The van der Waals surface area contributed by atoms with Crippen molar-refractivity contribution in [1.82, 2.24) is 10.2 Å². The Kier molecular flexibility index (Phi) is 7.12. The Labute approximate surface area is 132 Å². The number of carbonyl (C=O) groups is 1. The summed E-state index contributed by atoms with van der Waals surface area (Å²) in [5.74, 6) is 0.404. The van der Waals surface area contributed by atoms with Crippen LogP contribution in [0.3, 0.4) is 0 Å². The second-order valence-corrected chi connectivity index (χ2v) is 5.50. The van der Waals surface area contributed by atoms with E-state index in [1.165, 1.54) is 12.1 Å². The highest BCUT2D eigenvalue weighted by Gasteiger charge is 2.24. The van der Waals surface area contributed by atoms with Gasteiger partial charge in [-0.3, -0.25) is 4.79 Å². The second-order valence-electron chi connectivity index (χ2n) is 5.50. The van der Waals surface area contributed by atoms with E-state index in [4.69, 9.17) is 0 Å². The van der Waals surface area contributed by atoms with Gasteiger partial charge in [0, 0.05) is 18.7 Å². The molecule has 0 saturated carbocycles. The minimum absolute atomic E-state index is 0. The smallest absolute Gasteiger partial charge is 0.254 e. The van der Waals surface area contributed by atoms with E-state index in [-0.39, 0.29) is 24.1 Å². The molecule has 2 rings (SSSR count). The van der Waals surface area contributed by atoms with Gasteiger partial charge in [-0.1, -0.05) is 6.92 Å². The summed E-state index contributed by atoms with van der Waals surface area (Å²) in [5, 5.41) is 3.36. The summed E-state index contributed by atoms with van der Waals surface area (Å²) in [7, 11) is 0. The highest BCUT2D eigenvalue weighted by atomic mass is 35.5. The Balaban J connectivity index is 0.00000220.